The van der Waals surface area contributed by atoms with Crippen LogP contribution in [-0.4, -0.2) is 78.9 Å². The van der Waals surface area contributed by atoms with Crippen LogP contribution in [0.15, 0.2) is 24.3 Å². The summed E-state index contributed by atoms with van der Waals surface area (Å²) in [6.45, 7) is 14.2. The van der Waals surface area contributed by atoms with E-state index in [1.807, 2.05) is 18.7 Å². The molecular formula is C25H39FN4O2. The van der Waals surface area contributed by atoms with E-state index in [1.54, 1.807) is 12.1 Å². The Morgan fingerprint density at radius 1 is 0.969 bits per heavy atom. The average molecular weight is 447 g/mol. The van der Waals surface area contributed by atoms with Gasteiger partial charge in [0.05, 0.1) is 19.1 Å². The lowest BCUT2D eigenvalue weighted by molar-refractivity contribution is -0.136. The maximum absolute atomic E-state index is 13.3. The van der Waals surface area contributed by atoms with Crippen LogP contribution in [0.5, 0.6) is 0 Å². The van der Waals surface area contributed by atoms with Crippen molar-refractivity contribution in [2.24, 2.45) is 17.8 Å². The number of piperidine rings is 1. The quantitative estimate of drug-likeness (QED) is 0.700. The Morgan fingerprint density at radius 3 is 2.03 bits per heavy atom. The number of hydrogen-bond acceptors (Lipinski definition) is 4. The Labute approximate surface area is 192 Å². The minimum atomic E-state index is -0.275. The summed E-state index contributed by atoms with van der Waals surface area (Å²) in [6.07, 6.45) is 1.20. The molecule has 0 aliphatic carbocycles. The van der Waals surface area contributed by atoms with Gasteiger partial charge >= 0.3 is 0 Å². The number of nitrogens with zero attached hydrogens (tertiary/aromatic N) is 3. The first-order chi connectivity index (χ1) is 15.2. The third-order valence-corrected chi connectivity index (χ3v) is 6.62. The Balaban J connectivity index is 1.43. The number of rotatable bonds is 7. The number of piperazine rings is 1. The van der Waals surface area contributed by atoms with Gasteiger partial charge < -0.3 is 10.2 Å². The first-order valence-corrected chi connectivity index (χ1v) is 12.0. The van der Waals surface area contributed by atoms with Crippen LogP contribution >= 0.6 is 0 Å². The zero-order valence-corrected chi connectivity index (χ0v) is 20.0. The molecule has 0 bridgehead atoms. The molecule has 2 aliphatic heterocycles. The largest absolute Gasteiger partial charge is 0.348 e. The second-order valence-corrected chi connectivity index (χ2v) is 10.1. The molecule has 0 aromatic heterocycles. The highest BCUT2D eigenvalue weighted by atomic mass is 19.1. The summed E-state index contributed by atoms with van der Waals surface area (Å²) in [5.74, 6) is 1.28. The predicted octanol–water partition coefficient (Wildman–Crippen LogP) is 2.76. The number of carbonyl (C=O) groups excluding carboxylic acids is 2. The van der Waals surface area contributed by atoms with Gasteiger partial charge in [-0.05, 0) is 41.9 Å². The van der Waals surface area contributed by atoms with E-state index >= 15 is 0 Å². The summed E-state index contributed by atoms with van der Waals surface area (Å²) in [6, 6.07) is 6.20. The molecule has 1 aromatic carbocycles. The molecule has 2 fully saturated rings. The molecule has 3 unspecified atom stereocenters. The summed E-state index contributed by atoms with van der Waals surface area (Å²) >= 11 is 0. The first kappa shape index (κ1) is 24.6. The van der Waals surface area contributed by atoms with Crippen molar-refractivity contribution in [2.75, 3.05) is 52.4 Å². The van der Waals surface area contributed by atoms with Crippen LogP contribution < -0.4 is 5.32 Å². The number of hydrogen-bond donors (Lipinski definition) is 1. The normalized spacial score (nSPS) is 23.9. The fourth-order valence-electron chi connectivity index (χ4n) is 4.99. The van der Waals surface area contributed by atoms with E-state index in [-0.39, 0.29) is 29.6 Å². The van der Waals surface area contributed by atoms with Crippen molar-refractivity contribution >= 4 is 11.8 Å². The van der Waals surface area contributed by atoms with Gasteiger partial charge in [0, 0.05) is 39.3 Å². The van der Waals surface area contributed by atoms with Crippen LogP contribution in [-0.2, 0) is 9.59 Å². The minimum Gasteiger partial charge on any atom is -0.348 e. The van der Waals surface area contributed by atoms with E-state index in [9.17, 15) is 14.0 Å². The van der Waals surface area contributed by atoms with Crippen molar-refractivity contribution in [3.05, 3.63) is 35.6 Å². The second-order valence-electron chi connectivity index (χ2n) is 10.1. The number of nitrogens with one attached hydrogen (secondary N) is 1. The van der Waals surface area contributed by atoms with Crippen molar-refractivity contribution in [3.8, 4) is 0 Å². The van der Waals surface area contributed by atoms with E-state index in [0.717, 1.165) is 44.8 Å². The summed E-state index contributed by atoms with van der Waals surface area (Å²) in [5, 5.41) is 3.12. The highest BCUT2D eigenvalue weighted by Crippen LogP contribution is 2.22. The van der Waals surface area contributed by atoms with Crippen molar-refractivity contribution < 1.29 is 14.0 Å². The average Bonchev–Trinajstić information content (AvgIpc) is 2.73. The lowest BCUT2D eigenvalue weighted by Crippen LogP contribution is -2.53. The standard InChI is InChI=1S/C25H39FN4O2/c1-18(2)25(21-5-7-22(26)8-6-21)27-23(31)16-28-9-11-29(12-10-28)17-24(32)30-14-19(3)13-20(4)15-30/h5-8,18-20,25H,9-17H2,1-4H3,(H,27,31). The third-order valence-electron chi connectivity index (χ3n) is 6.62. The monoisotopic (exact) mass is 446 g/mol. The number of halogens is 1. The molecule has 3 rings (SSSR count). The highest BCUT2D eigenvalue weighted by molar-refractivity contribution is 5.79. The predicted molar refractivity (Wildman–Crippen MR) is 125 cm³/mol. The topological polar surface area (TPSA) is 55.9 Å². The highest BCUT2D eigenvalue weighted by Gasteiger charge is 2.28. The van der Waals surface area contributed by atoms with Gasteiger partial charge in [-0.3, -0.25) is 19.4 Å². The van der Waals surface area contributed by atoms with E-state index in [1.165, 1.54) is 18.6 Å². The van der Waals surface area contributed by atoms with E-state index in [0.29, 0.717) is 24.9 Å². The number of benzene rings is 1. The zero-order chi connectivity index (χ0) is 23.3. The Morgan fingerprint density at radius 2 is 1.50 bits per heavy atom. The maximum Gasteiger partial charge on any atom is 0.236 e. The van der Waals surface area contributed by atoms with Crippen LogP contribution in [0.3, 0.4) is 0 Å². The molecule has 6 nitrogen and oxygen atoms in total. The smallest absolute Gasteiger partial charge is 0.236 e. The molecule has 7 heteroatoms. The summed E-state index contributed by atoms with van der Waals surface area (Å²) < 4.78 is 13.3. The number of likely N-dealkylation sites (tertiary alicyclic amines) is 1. The maximum atomic E-state index is 13.3. The molecule has 2 saturated heterocycles. The van der Waals surface area contributed by atoms with Gasteiger partial charge in [-0.25, -0.2) is 4.39 Å². The minimum absolute atomic E-state index is 0.0196. The lowest BCUT2D eigenvalue weighted by Gasteiger charge is -2.38. The first-order valence-electron chi connectivity index (χ1n) is 12.0. The summed E-state index contributed by atoms with van der Waals surface area (Å²) in [5.41, 5.74) is 0.916. The second kappa shape index (κ2) is 11.2. The Hall–Kier alpha value is -1.99. The molecular weight excluding hydrogens is 407 g/mol. The molecule has 178 valence electrons. The van der Waals surface area contributed by atoms with E-state index in [4.69, 9.17) is 0 Å². The van der Waals surface area contributed by atoms with Crippen LogP contribution in [0.2, 0.25) is 0 Å². The fraction of sp³-hybridized carbons (Fsp3) is 0.680. The van der Waals surface area contributed by atoms with E-state index in [2.05, 4.69) is 29.0 Å². The van der Waals surface area contributed by atoms with Gasteiger partial charge in [-0.15, -0.1) is 0 Å². The summed E-state index contributed by atoms with van der Waals surface area (Å²) in [4.78, 5) is 31.8. The number of amides is 2. The molecule has 2 amide bonds. The van der Waals surface area contributed by atoms with Gasteiger partial charge in [0.25, 0.3) is 0 Å². The molecule has 0 spiro atoms. The van der Waals surface area contributed by atoms with Crippen LogP contribution in [0.25, 0.3) is 0 Å². The van der Waals surface area contributed by atoms with E-state index < -0.39 is 0 Å². The molecule has 3 atom stereocenters. The lowest BCUT2D eigenvalue weighted by atomic mass is 9.92. The molecule has 0 radical (unpaired) electrons. The van der Waals surface area contributed by atoms with Crippen molar-refractivity contribution in [1.29, 1.82) is 0 Å². The Bertz CT molecular complexity index is 752. The Kier molecular flexibility index (Phi) is 8.65. The zero-order valence-electron chi connectivity index (χ0n) is 20.0. The van der Waals surface area contributed by atoms with Gasteiger partial charge in [0.2, 0.25) is 11.8 Å². The number of carbonyl (C=O) groups is 2. The van der Waals surface area contributed by atoms with Crippen molar-refractivity contribution in [2.45, 2.75) is 40.2 Å². The van der Waals surface area contributed by atoms with Crippen LogP contribution in [0.4, 0.5) is 4.39 Å². The SMILES string of the molecule is CC1CC(C)CN(C(=O)CN2CCN(CC(=O)NC(c3ccc(F)cc3)C(C)C)CC2)C1. The summed E-state index contributed by atoms with van der Waals surface area (Å²) in [7, 11) is 0. The van der Waals surface area contributed by atoms with Gasteiger partial charge in [-0.2, -0.15) is 0 Å². The molecule has 32 heavy (non-hydrogen) atoms. The molecule has 1 aromatic rings. The van der Waals surface area contributed by atoms with Crippen LogP contribution in [0.1, 0.15) is 45.7 Å². The third kappa shape index (κ3) is 7.01. The van der Waals surface area contributed by atoms with Crippen LogP contribution in [0, 0.1) is 23.6 Å². The van der Waals surface area contributed by atoms with Crippen molar-refractivity contribution in [3.63, 3.8) is 0 Å². The van der Waals surface area contributed by atoms with Gasteiger partial charge in [0.1, 0.15) is 5.82 Å². The van der Waals surface area contributed by atoms with Gasteiger partial charge in [-0.1, -0.05) is 39.8 Å². The van der Waals surface area contributed by atoms with Crippen molar-refractivity contribution in [1.82, 2.24) is 20.0 Å². The van der Waals surface area contributed by atoms with Gasteiger partial charge in [0.15, 0.2) is 0 Å². The fourth-order valence-corrected chi connectivity index (χ4v) is 4.99. The molecule has 1 N–H and O–H groups in total. The molecule has 2 heterocycles. The molecule has 2 aliphatic rings. The molecule has 0 saturated carbocycles.